The molecular weight excluding hydrogens is 360 g/mol. The van der Waals surface area contributed by atoms with Crippen LogP contribution in [0.4, 0.5) is 4.79 Å². The number of carbonyl (C=O) groups excluding carboxylic acids is 2. The zero-order chi connectivity index (χ0) is 21.4. The minimum atomic E-state index is -2.16. The predicted octanol–water partition coefficient (Wildman–Crippen LogP) is 4.72. The van der Waals surface area contributed by atoms with Crippen LogP contribution in [0.25, 0.3) is 0 Å². The van der Waals surface area contributed by atoms with Crippen LogP contribution >= 0.6 is 0 Å². The van der Waals surface area contributed by atoms with Crippen molar-refractivity contribution in [2.75, 3.05) is 6.61 Å². The van der Waals surface area contributed by atoms with Crippen molar-refractivity contribution in [1.29, 1.82) is 0 Å². The first kappa shape index (κ1) is 25.7. The zero-order valence-corrected chi connectivity index (χ0v) is 19.8. The van der Waals surface area contributed by atoms with Crippen LogP contribution in [0, 0.1) is 0 Å². The highest BCUT2D eigenvalue weighted by atomic mass is 28.4. The molecule has 0 aliphatic heterocycles. The smallest absolute Gasteiger partial charge is 0.408 e. The predicted molar refractivity (Wildman–Crippen MR) is 113 cm³/mol. The van der Waals surface area contributed by atoms with Gasteiger partial charge in [0.15, 0.2) is 8.32 Å². The highest BCUT2D eigenvalue weighted by Gasteiger charge is 2.45. The summed E-state index contributed by atoms with van der Waals surface area (Å²) in [6.07, 6.45) is 2.64. The maximum absolute atomic E-state index is 12.5. The molecule has 0 aliphatic carbocycles. The van der Waals surface area contributed by atoms with Crippen LogP contribution in [0.5, 0.6) is 0 Å². The van der Waals surface area contributed by atoms with Gasteiger partial charge in [-0.2, -0.15) is 0 Å². The zero-order valence-electron chi connectivity index (χ0n) is 18.8. The molecule has 0 aliphatic rings. The summed E-state index contributed by atoms with van der Waals surface area (Å²) in [5.41, 5.74) is 0.525. The molecule has 2 amide bonds. The van der Waals surface area contributed by atoms with Gasteiger partial charge >= 0.3 is 6.09 Å². The lowest BCUT2D eigenvalue weighted by molar-refractivity contribution is -0.123. The van der Waals surface area contributed by atoms with Gasteiger partial charge in [-0.25, -0.2) is 4.79 Å². The Morgan fingerprint density at radius 3 is 1.85 bits per heavy atom. The highest BCUT2D eigenvalue weighted by Crippen LogP contribution is 2.42. The Bertz CT molecular complexity index is 489. The minimum Gasteiger partial charge on any atom is -0.444 e. The lowest BCUT2D eigenvalue weighted by Gasteiger charge is -2.42. The van der Waals surface area contributed by atoms with Crippen molar-refractivity contribution in [3.63, 3.8) is 0 Å². The molecule has 0 saturated heterocycles. The second-order valence-corrected chi connectivity index (χ2v) is 14.3. The topological polar surface area (TPSA) is 76.7 Å². The van der Waals surface area contributed by atoms with E-state index in [-0.39, 0.29) is 12.5 Å². The quantitative estimate of drug-likeness (QED) is 0.549. The summed E-state index contributed by atoms with van der Waals surface area (Å²) in [5, 5.41) is 5.33. The first-order valence-electron chi connectivity index (χ1n) is 9.82. The summed E-state index contributed by atoms with van der Waals surface area (Å²) >= 11 is 0. The van der Waals surface area contributed by atoms with Crippen molar-refractivity contribution in [1.82, 2.24) is 10.6 Å². The average Bonchev–Trinajstić information content (AvgIpc) is 2.48. The molecule has 158 valence electrons. The molecule has 0 aromatic heterocycles. The van der Waals surface area contributed by atoms with Gasteiger partial charge in [-0.1, -0.05) is 47.6 Å². The van der Waals surface area contributed by atoms with Crippen molar-refractivity contribution in [2.24, 2.45) is 0 Å². The van der Waals surface area contributed by atoms with Crippen molar-refractivity contribution in [3.8, 4) is 0 Å². The lowest BCUT2D eigenvalue weighted by Crippen LogP contribution is -2.54. The van der Waals surface area contributed by atoms with Crippen molar-refractivity contribution in [2.45, 2.75) is 97.5 Å². The van der Waals surface area contributed by atoms with Crippen LogP contribution in [0.2, 0.25) is 16.6 Å². The number of hydrogen-bond acceptors (Lipinski definition) is 4. The van der Waals surface area contributed by atoms with Gasteiger partial charge in [-0.3, -0.25) is 4.79 Å². The van der Waals surface area contributed by atoms with E-state index in [4.69, 9.17) is 9.16 Å². The van der Waals surface area contributed by atoms with Gasteiger partial charge in [0.2, 0.25) is 5.91 Å². The van der Waals surface area contributed by atoms with Gasteiger partial charge in [0.05, 0.1) is 6.61 Å². The van der Waals surface area contributed by atoms with Crippen LogP contribution in [0.1, 0.15) is 69.2 Å². The van der Waals surface area contributed by atoms with E-state index in [1.54, 1.807) is 40.0 Å². The lowest BCUT2D eigenvalue weighted by atomic mass is 10.2. The van der Waals surface area contributed by atoms with Gasteiger partial charge in [-0.05, 0) is 50.5 Å². The van der Waals surface area contributed by atoms with Gasteiger partial charge in [0.1, 0.15) is 11.6 Å². The number of carbonyl (C=O) groups is 2. The number of alkyl carbamates (subject to hydrolysis) is 1. The maximum Gasteiger partial charge on any atom is 0.408 e. The Morgan fingerprint density at radius 1 is 1.00 bits per heavy atom. The van der Waals surface area contributed by atoms with Crippen molar-refractivity contribution in [3.05, 3.63) is 12.3 Å². The number of hydrogen-bond donors (Lipinski definition) is 2. The van der Waals surface area contributed by atoms with E-state index in [0.717, 1.165) is 0 Å². The highest BCUT2D eigenvalue weighted by molar-refractivity contribution is 6.77. The normalized spacial score (nSPS) is 14.1. The van der Waals surface area contributed by atoms with E-state index in [0.29, 0.717) is 16.6 Å². The molecular formula is C20H40N2O4Si. The van der Waals surface area contributed by atoms with E-state index in [1.807, 2.05) is 0 Å². The van der Waals surface area contributed by atoms with E-state index in [9.17, 15) is 9.59 Å². The third kappa shape index (κ3) is 8.05. The number of amides is 2. The molecule has 0 fully saturated rings. The molecule has 0 rings (SSSR count). The number of allylic oxidation sites excluding steroid dienone is 1. The molecule has 1 atom stereocenters. The van der Waals surface area contributed by atoms with Gasteiger partial charge in [-0.15, -0.1) is 0 Å². The SMILES string of the molecule is C/C=C\NC(=O)[C@@H](CO[Si](C(C)C)(C(C)C)C(C)C)NC(=O)OC(C)(C)C. The first-order chi connectivity index (χ1) is 12.3. The summed E-state index contributed by atoms with van der Waals surface area (Å²) in [6.45, 7) is 20.4. The molecule has 0 bridgehead atoms. The largest absolute Gasteiger partial charge is 0.444 e. The van der Waals surface area contributed by atoms with Gasteiger partial charge in [0, 0.05) is 0 Å². The summed E-state index contributed by atoms with van der Waals surface area (Å²) in [4.78, 5) is 24.7. The third-order valence-corrected chi connectivity index (χ3v) is 10.7. The van der Waals surface area contributed by atoms with Crippen LogP contribution in [0.3, 0.4) is 0 Å². The summed E-state index contributed by atoms with van der Waals surface area (Å²) in [6, 6.07) is -0.820. The van der Waals surface area contributed by atoms with Gasteiger partial charge < -0.3 is 19.8 Å². The summed E-state index contributed by atoms with van der Waals surface area (Å²) in [5.74, 6) is -0.321. The third-order valence-electron chi connectivity index (χ3n) is 4.61. The molecule has 0 radical (unpaired) electrons. The van der Waals surface area contributed by atoms with E-state index in [2.05, 4.69) is 52.2 Å². The number of nitrogens with one attached hydrogen (secondary N) is 2. The van der Waals surface area contributed by atoms with E-state index < -0.39 is 26.1 Å². The molecule has 0 unspecified atom stereocenters. The monoisotopic (exact) mass is 400 g/mol. The molecule has 0 heterocycles. The van der Waals surface area contributed by atoms with Crippen LogP contribution < -0.4 is 10.6 Å². The van der Waals surface area contributed by atoms with Crippen LogP contribution in [-0.2, 0) is 14.0 Å². The fourth-order valence-corrected chi connectivity index (χ4v) is 9.08. The Balaban J connectivity index is 5.44. The summed E-state index contributed by atoms with van der Waals surface area (Å²) < 4.78 is 11.8. The van der Waals surface area contributed by atoms with E-state index >= 15 is 0 Å². The Labute approximate surface area is 166 Å². The van der Waals surface area contributed by atoms with Crippen molar-refractivity contribution >= 4 is 20.3 Å². The Kier molecular flexibility index (Phi) is 10.3. The summed E-state index contributed by atoms with van der Waals surface area (Å²) in [7, 11) is -2.16. The molecule has 6 nitrogen and oxygen atoms in total. The molecule has 0 saturated carbocycles. The molecule has 27 heavy (non-hydrogen) atoms. The molecule has 0 aromatic carbocycles. The minimum absolute atomic E-state index is 0.128. The second kappa shape index (κ2) is 10.9. The molecule has 0 aromatic rings. The second-order valence-electron chi connectivity index (χ2n) is 8.84. The Hall–Kier alpha value is -1.34. The van der Waals surface area contributed by atoms with Crippen molar-refractivity contribution < 1.29 is 18.8 Å². The standard InChI is InChI=1S/C20H40N2O4Si/c1-11-12-21-18(23)17(22-19(24)26-20(8,9)10)13-25-27(14(2)3,15(4)5)16(6)7/h11-12,14-17H,13H2,1-10H3,(H,21,23)(H,22,24)/b12-11-/t17-/m1/s1. The fourth-order valence-electron chi connectivity index (χ4n) is 3.63. The molecule has 0 spiro atoms. The first-order valence-corrected chi connectivity index (χ1v) is 12.0. The Morgan fingerprint density at radius 2 is 1.48 bits per heavy atom. The van der Waals surface area contributed by atoms with Crippen LogP contribution in [-0.4, -0.2) is 38.6 Å². The maximum atomic E-state index is 12.5. The number of rotatable bonds is 9. The van der Waals surface area contributed by atoms with Crippen LogP contribution in [0.15, 0.2) is 12.3 Å². The van der Waals surface area contributed by atoms with E-state index in [1.165, 1.54) is 0 Å². The fraction of sp³-hybridized carbons (Fsp3) is 0.800. The molecule has 7 heteroatoms. The van der Waals surface area contributed by atoms with Gasteiger partial charge in [0.25, 0.3) is 0 Å². The molecule has 2 N–H and O–H groups in total. The number of ether oxygens (including phenoxy) is 1. The average molecular weight is 401 g/mol.